The predicted octanol–water partition coefficient (Wildman–Crippen LogP) is 1.80. The van der Waals surface area contributed by atoms with Gasteiger partial charge in [0.1, 0.15) is 6.04 Å². The molecule has 1 fully saturated rings. The van der Waals surface area contributed by atoms with Gasteiger partial charge in [0, 0.05) is 13.1 Å². The number of likely N-dealkylation sites (N-methyl/N-ethyl adjacent to an activating group) is 1. The van der Waals surface area contributed by atoms with E-state index >= 15 is 0 Å². The van der Waals surface area contributed by atoms with E-state index in [2.05, 4.69) is 5.32 Å². The summed E-state index contributed by atoms with van der Waals surface area (Å²) in [5.41, 5.74) is 1.94. The van der Waals surface area contributed by atoms with Gasteiger partial charge in [-0.15, -0.1) is 0 Å². The van der Waals surface area contributed by atoms with Crippen molar-refractivity contribution in [3.63, 3.8) is 0 Å². The molecule has 106 valence electrons. The van der Waals surface area contributed by atoms with Gasteiger partial charge in [-0.2, -0.15) is 0 Å². The highest BCUT2D eigenvalue weighted by Gasteiger charge is 2.35. The molecule has 1 atom stereocenters. The SMILES string of the molecule is CN1C(=O)Cc2ccccc2[C@H]1C(=O)NC1CCCC1. The molecule has 0 spiro atoms. The van der Waals surface area contributed by atoms with E-state index in [-0.39, 0.29) is 17.9 Å². The lowest BCUT2D eigenvalue weighted by Gasteiger charge is -2.34. The number of nitrogens with one attached hydrogen (secondary N) is 1. The van der Waals surface area contributed by atoms with Crippen LogP contribution in [0.3, 0.4) is 0 Å². The Balaban J connectivity index is 1.86. The van der Waals surface area contributed by atoms with Crippen molar-refractivity contribution in [3.05, 3.63) is 35.4 Å². The normalized spacial score (nSPS) is 22.8. The Hall–Kier alpha value is -1.84. The Kier molecular flexibility index (Phi) is 3.47. The maximum absolute atomic E-state index is 12.6. The van der Waals surface area contributed by atoms with Crippen LogP contribution in [0.15, 0.2) is 24.3 Å². The number of carbonyl (C=O) groups is 2. The zero-order chi connectivity index (χ0) is 14.1. The first kappa shape index (κ1) is 13.2. The molecular weight excluding hydrogens is 252 g/mol. The van der Waals surface area contributed by atoms with Crippen molar-refractivity contribution in [1.82, 2.24) is 10.2 Å². The molecule has 0 bridgehead atoms. The molecular formula is C16H20N2O2. The molecule has 0 aromatic heterocycles. The van der Waals surface area contributed by atoms with Crippen molar-refractivity contribution in [3.8, 4) is 0 Å². The van der Waals surface area contributed by atoms with Gasteiger partial charge in [-0.05, 0) is 24.0 Å². The van der Waals surface area contributed by atoms with Crippen LogP contribution in [0.2, 0.25) is 0 Å². The van der Waals surface area contributed by atoms with E-state index in [0.29, 0.717) is 6.42 Å². The van der Waals surface area contributed by atoms with Crippen molar-refractivity contribution in [2.24, 2.45) is 0 Å². The largest absolute Gasteiger partial charge is 0.351 e. The molecule has 3 rings (SSSR count). The molecule has 4 nitrogen and oxygen atoms in total. The van der Waals surface area contributed by atoms with E-state index in [1.54, 1.807) is 11.9 Å². The third kappa shape index (κ3) is 2.30. The number of carbonyl (C=O) groups excluding carboxylic acids is 2. The van der Waals surface area contributed by atoms with Gasteiger partial charge in [0.05, 0.1) is 6.42 Å². The van der Waals surface area contributed by atoms with E-state index in [9.17, 15) is 9.59 Å². The van der Waals surface area contributed by atoms with Crippen LogP contribution in [-0.2, 0) is 16.0 Å². The minimum absolute atomic E-state index is 0.00951. The highest BCUT2D eigenvalue weighted by molar-refractivity contribution is 5.92. The van der Waals surface area contributed by atoms with Crippen LogP contribution >= 0.6 is 0 Å². The second-order valence-corrected chi connectivity index (χ2v) is 5.77. The summed E-state index contributed by atoms with van der Waals surface area (Å²) in [5, 5.41) is 3.11. The Morgan fingerprint density at radius 1 is 1.25 bits per heavy atom. The lowest BCUT2D eigenvalue weighted by atomic mass is 9.92. The Morgan fingerprint density at radius 2 is 1.95 bits per heavy atom. The van der Waals surface area contributed by atoms with Gasteiger partial charge in [0.2, 0.25) is 11.8 Å². The summed E-state index contributed by atoms with van der Waals surface area (Å²) in [5.74, 6) is -0.0322. The standard InChI is InChI=1S/C16H20N2O2/c1-18-14(19)10-11-6-2-5-9-13(11)15(18)16(20)17-12-7-3-4-8-12/h2,5-6,9,12,15H,3-4,7-8,10H2,1H3,(H,17,20)/t15-/m0/s1. The van der Waals surface area contributed by atoms with Gasteiger partial charge >= 0.3 is 0 Å². The Labute approximate surface area is 119 Å². The van der Waals surface area contributed by atoms with Gasteiger partial charge < -0.3 is 10.2 Å². The van der Waals surface area contributed by atoms with Crippen LogP contribution in [0, 0.1) is 0 Å². The summed E-state index contributed by atoms with van der Waals surface area (Å²) in [6.07, 6.45) is 4.86. The predicted molar refractivity (Wildman–Crippen MR) is 76.1 cm³/mol. The van der Waals surface area contributed by atoms with Crippen molar-refractivity contribution < 1.29 is 9.59 Å². The van der Waals surface area contributed by atoms with Gasteiger partial charge in [-0.1, -0.05) is 37.1 Å². The van der Waals surface area contributed by atoms with Gasteiger partial charge in [-0.3, -0.25) is 9.59 Å². The first-order chi connectivity index (χ1) is 9.66. The summed E-state index contributed by atoms with van der Waals surface area (Å²) in [6, 6.07) is 7.54. The van der Waals surface area contributed by atoms with Crippen molar-refractivity contribution >= 4 is 11.8 Å². The monoisotopic (exact) mass is 272 g/mol. The second kappa shape index (κ2) is 5.27. The molecule has 0 radical (unpaired) electrons. The Morgan fingerprint density at radius 3 is 2.70 bits per heavy atom. The lowest BCUT2D eigenvalue weighted by Crippen LogP contribution is -2.47. The van der Waals surface area contributed by atoms with Crippen LogP contribution in [0.1, 0.15) is 42.9 Å². The minimum Gasteiger partial charge on any atom is -0.351 e. The number of hydrogen-bond acceptors (Lipinski definition) is 2. The number of fused-ring (bicyclic) bond motifs is 1. The lowest BCUT2D eigenvalue weighted by molar-refractivity contribution is -0.140. The molecule has 1 aromatic rings. The van der Waals surface area contributed by atoms with Crippen molar-refractivity contribution in [2.75, 3.05) is 7.05 Å². The van der Waals surface area contributed by atoms with E-state index < -0.39 is 6.04 Å². The second-order valence-electron chi connectivity index (χ2n) is 5.77. The van der Waals surface area contributed by atoms with E-state index in [0.717, 1.165) is 24.0 Å². The maximum Gasteiger partial charge on any atom is 0.247 e. The van der Waals surface area contributed by atoms with E-state index in [1.807, 2.05) is 24.3 Å². The zero-order valence-corrected chi connectivity index (χ0v) is 11.8. The number of nitrogens with zero attached hydrogens (tertiary/aromatic N) is 1. The van der Waals surface area contributed by atoms with Crippen molar-refractivity contribution in [1.29, 1.82) is 0 Å². The molecule has 20 heavy (non-hydrogen) atoms. The summed E-state index contributed by atoms with van der Waals surface area (Å²) in [4.78, 5) is 26.2. The van der Waals surface area contributed by atoms with Crippen LogP contribution in [0.4, 0.5) is 0 Å². The van der Waals surface area contributed by atoms with Crippen LogP contribution in [0.5, 0.6) is 0 Å². The third-order valence-corrected chi connectivity index (χ3v) is 4.42. The van der Waals surface area contributed by atoms with E-state index in [4.69, 9.17) is 0 Å². The Bertz CT molecular complexity index is 535. The molecule has 1 heterocycles. The number of benzene rings is 1. The number of rotatable bonds is 2. The summed E-state index contributed by atoms with van der Waals surface area (Å²) in [7, 11) is 1.72. The van der Waals surface area contributed by atoms with E-state index in [1.165, 1.54) is 12.8 Å². The molecule has 0 saturated heterocycles. The fourth-order valence-corrected chi connectivity index (χ4v) is 3.27. The minimum atomic E-state index is -0.479. The quantitative estimate of drug-likeness (QED) is 0.892. The van der Waals surface area contributed by atoms with Gasteiger partial charge in [0.25, 0.3) is 0 Å². The molecule has 1 aliphatic heterocycles. The molecule has 2 amide bonds. The van der Waals surface area contributed by atoms with Gasteiger partial charge in [0.15, 0.2) is 0 Å². The van der Waals surface area contributed by atoms with Crippen LogP contribution in [-0.4, -0.2) is 29.8 Å². The maximum atomic E-state index is 12.6. The topological polar surface area (TPSA) is 49.4 Å². The highest BCUT2D eigenvalue weighted by Crippen LogP contribution is 2.30. The van der Waals surface area contributed by atoms with Crippen LogP contribution in [0.25, 0.3) is 0 Å². The fourth-order valence-electron chi connectivity index (χ4n) is 3.27. The number of amides is 2. The van der Waals surface area contributed by atoms with Crippen LogP contribution < -0.4 is 5.32 Å². The highest BCUT2D eigenvalue weighted by atomic mass is 16.2. The smallest absolute Gasteiger partial charge is 0.247 e. The molecule has 1 aliphatic carbocycles. The summed E-state index contributed by atoms with van der Waals surface area (Å²) >= 11 is 0. The molecule has 4 heteroatoms. The van der Waals surface area contributed by atoms with Gasteiger partial charge in [-0.25, -0.2) is 0 Å². The summed E-state index contributed by atoms with van der Waals surface area (Å²) in [6.45, 7) is 0. The fraction of sp³-hybridized carbons (Fsp3) is 0.500. The molecule has 2 aliphatic rings. The third-order valence-electron chi connectivity index (χ3n) is 4.42. The van der Waals surface area contributed by atoms with Crippen molar-refractivity contribution in [2.45, 2.75) is 44.2 Å². The summed E-state index contributed by atoms with van der Waals surface area (Å²) < 4.78 is 0. The molecule has 1 N–H and O–H groups in total. The number of hydrogen-bond donors (Lipinski definition) is 1. The molecule has 0 unspecified atom stereocenters. The first-order valence-corrected chi connectivity index (χ1v) is 7.30. The average molecular weight is 272 g/mol. The molecule has 1 aromatic carbocycles. The first-order valence-electron chi connectivity index (χ1n) is 7.30. The average Bonchev–Trinajstić information content (AvgIpc) is 2.93. The molecule has 1 saturated carbocycles. The zero-order valence-electron chi connectivity index (χ0n) is 11.8.